The van der Waals surface area contributed by atoms with Crippen LogP contribution in [0.25, 0.3) is 0 Å². The molecular weight excluding hydrogens is 465 g/mol. The van der Waals surface area contributed by atoms with Crippen LogP contribution in [0.5, 0.6) is 0 Å². The van der Waals surface area contributed by atoms with Crippen molar-refractivity contribution in [2.45, 2.75) is 72.3 Å². The molecule has 2 aromatic carbocycles. The fourth-order valence-corrected chi connectivity index (χ4v) is 4.32. The maximum Gasteiger partial charge on any atom is 0.335 e. The maximum atomic E-state index is 11.2. The van der Waals surface area contributed by atoms with Crippen LogP contribution in [-0.4, -0.2) is 11.1 Å². The molecule has 0 atom stereocenters. The van der Waals surface area contributed by atoms with E-state index in [4.69, 9.17) is 23.2 Å². The van der Waals surface area contributed by atoms with E-state index in [1.807, 2.05) is 13.0 Å². The van der Waals surface area contributed by atoms with Crippen molar-refractivity contribution in [1.82, 2.24) is 0 Å². The average Bonchev–Trinajstić information content (AvgIpc) is 2.82. The Morgan fingerprint density at radius 2 is 1.62 bits per heavy atom. The summed E-state index contributed by atoms with van der Waals surface area (Å²) < 4.78 is 2.30. The number of carbonyl (C=O) groups is 1. The summed E-state index contributed by atoms with van der Waals surface area (Å²) in [6.07, 6.45) is 13.0. The van der Waals surface area contributed by atoms with Crippen molar-refractivity contribution < 1.29 is 14.5 Å². The molecular formula is C29H36Cl2NO2+. The molecule has 0 aliphatic rings. The molecule has 1 aromatic heterocycles. The minimum Gasteiger partial charge on any atom is -0.478 e. The summed E-state index contributed by atoms with van der Waals surface area (Å²) in [5.41, 5.74) is 4.01. The molecule has 0 unspecified atom stereocenters. The predicted molar refractivity (Wildman–Crippen MR) is 142 cm³/mol. The lowest BCUT2D eigenvalue weighted by atomic mass is 9.98. The summed E-state index contributed by atoms with van der Waals surface area (Å²) in [5.74, 6) is -0.949. The molecule has 0 radical (unpaired) electrons. The van der Waals surface area contributed by atoms with E-state index >= 15 is 0 Å². The van der Waals surface area contributed by atoms with Gasteiger partial charge < -0.3 is 5.11 Å². The topological polar surface area (TPSA) is 41.2 Å². The Morgan fingerprint density at radius 3 is 2.32 bits per heavy atom. The van der Waals surface area contributed by atoms with E-state index in [9.17, 15) is 9.90 Å². The van der Waals surface area contributed by atoms with Gasteiger partial charge in [0.25, 0.3) is 0 Å². The van der Waals surface area contributed by atoms with Crippen LogP contribution >= 0.6 is 23.2 Å². The van der Waals surface area contributed by atoms with Gasteiger partial charge in [0.05, 0.1) is 5.56 Å². The molecule has 1 heterocycles. The van der Waals surface area contributed by atoms with Crippen LogP contribution in [0.4, 0.5) is 0 Å². The zero-order valence-electron chi connectivity index (χ0n) is 20.5. The average molecular weight is 502 g/mol. The third-order valence-electron chi connectivity index (χ3n) is 5.77. The quantitative estimate of drug-likeness (QED) is 0.225. The van der Waals surface area contributed by atoms with Gasteiger partial charge in [-0.3, -0.25) is 0 Å². The van der Waals surface area contributed by atoms with Crippen molar-refractivity contribution in [2.75, 3.05) is 0 Å². The van der Waals surface area contributed by atoms with Gasteiger partial charge in [-0.15, -0.1) is 0 Å². The van der Waals surface area contributed by atoms with Crippen LogP contribution in [-0.2, 0) is 13.0 Å². The van der Waals surface area contributed by atoms with Gasteiger partial charge in [0.1, 0.15) is 6.54 Å². The van der Waals surface area contributed by atoms with Crippen molar-refractivity contribution in [3.05, 3.63) is 98.8 Å². The molecule has 0 saturated heterocycles. The first kappa shape index (κ1) is 27.9. The number of hydrogen-bond acceptors (Lipinski definition) is 1. The van der Waals surface area contributed by atoms with E-state index in [1.165, 1.54) is 50.6 Å². The Morgan fingerprint density at radius 1 is 0.912 bits per heavy atom. The van der Waals surface area contributed by atoms with E-state index < -0.39 is 5.97 Å². The van der Waals surface area contributed by atoms with Crippen LogP contribution in [0.1, 0.15) is 78.1 Å². The van der Waals surface area contributed by atoms with E-state index in [-0.39, 0.29) is 5.56 Å². The molecule has 1 N–H and O–H groups in total. The Balaban J connectivity index is 0.000000248. The lowest BCUT2D eigenvalue weighted by molar-refractivity contribution is -0.697. The van der Waals surface area contributed by atoms with Gasteiger partial charge in [0.2, 0.25) is 0 Å². The van der Waals surface area contributed by atoms with Crippen LogP contribution in [0.15, 0.2) is 60.9 Å². The van der Waals surface area contributed by atoms with E-state index in [2.05, 4.69) is 42.9 Å². The second-order valence-corrected chi connectivity index (χ2v) is 9.47. The summed E-state index contributed by atoms with van der Waals surface area (Å²) in [6, 6.07) is 14.8. The predicted octanol–water partition coefficient (Wildman–Crippen LogP) is 8.23. The van der Waals surface area contributed by atoms with Gasteiger partial charge in [0, 0.05) is 34.5 Å². The molecule has 0 aliphatic heterocycles. The van der Waals surface area contributed by atoms with Gasteiger partial charge in [-0.25, -0.2) is 9.36 Å². The lowest BCUT2D eigenvalue weighted by Crippen LogP contribution is -2.32. The molecule has 0 bridgehead atoms. The molecule has 0 saturated carbocycles. The fraction of sp³-hybridized carbons (Fsp3) is 0.379. The second-order valence-electron chi connectivity index (χ2n) is 8.68. The van der Waals surface area contributed by atoms with Crippen LogP contribution in [0.3, 0.4) is 0 Å². The van der Waals surface area contributed by atoms with Crippen molar-refractivity contribution in [3.8, 4) is 0 Å². The van der Waals surface area contributed by atoms with Crippen molar-refractivity contribution >= 4 is 29.2 Å². The summed E-state index contributed by atoms with van der Waals surface area (Å²) in [6.45, 7) is 7.49. The summed E-state index contributed by atoms with van der Waals surface area (Å²) >= 11 is 12.4. The maximum absolute atomic E-state index is 11.2. The van der Waals surface area contributed by atoms with E-state index in [0.717, 1.165) is 11.1 Å². The standard InChI is InChI=1S/C15H12Cl2O2.C14H24N/c1-9-6-7-13(16)12(14(9)17)8-10-4-2-3-5-11(10)15(18)19;1-3-4-5-6-7-8-11-15-12-9-10-14(2)13-15/h2-7H,8H2,1H3,(H,18,19);9-10,12-13H,3-8,11H2,1-2H3/q;+1. The Hall–Kier alpha value is -2.36. The molecule has 182 valence electrons. The highest BCUT2D eigenvalue weighted by molar-refractivity contribution is 6.36. The number of benzene rings is 2. The zero-order chi connectivity index (χ0) is 24.9. The van der Waals surface area contributed by atoms with Crippen molar-refractivity contribution in [2.24, 2.45) is 0 Å². The van der Waals surface area contributed by atoms with Crippen molar-refractivity contribution in [1.29, 1.82) is 0 Å². The first-order chi connectivity index (χ1) is 16.3. The number of hydrogen-bond donors (Lipinski definition) is 1. The first-order valence-electron chi connectivity index (χ1n) is 12.0. The van der Waals surface area contributed by atoms with Gasteiger partial charge in [0.15, 0.2) is 12.4 Å². The molecule has 0 spiro atoms. The fourth-order valence-electron chi connectivity index (χ4n) is 3.82. The summed E-state index contributed by atoms with van der Waals surface area (Å²) in [5, 5.41) is 10.3. The highest BCUT2D eigenvalue weighted by Crippen LogP contribution is 2.30. The number of aryl methyl sites for hydroxylation is 3. The minimum absolute atomic E-state index is 0.274. The summed E-state index contributed by atoms with van der Waals surface area (Å²) in [4.78, 5) is 11.2. The number of aromatic nitrogens is 1. The second kappa shape index (κ2) is 14.8. The van der Waals surface area contributed by atoms with Crippen LogP contribution < -0.4 is 4.57 Å². The third-order valence-corrected chi connectivity index (χ3v) is 6.65. The minimum atomic E-state index is -0.949. The molecule has 5 heteroatoms. The van der Waals surface area contributed by atoms with E-state index in [1.54, 1.807) is 30.3 Å². The zero-order valence-corrected chi connectivity index (χ0v) is 22.0. The highest BCUT2D eigenvalue weighted by Gasteiger charge is 2.14. The number of halogens is 2. The Bertz CT molecular complexity index is 1070. The van der Waals surface area contributed by atoms with Crippen LogP contribution in [0, 0.1) is 13.8 Å². The number of pyridine rings is 1. The molecule has 3 nitrogen and oxygen atoms in total. The molecule has 0 amide bonds. The van der Waals surface area contributed by atoms with E-state index in [0.29, 0.717) is 22.0 Å². The van der Waals surface area contributed by atoms with Gasteiger partial charge in [-0.1, -0.05) is 80.1 Å². The SMILES string of the molecule is CCCCCCCC[n+]1cccc(C)c1.Cc1ccc(Cl)c(Cc2ccccc2C(=O)O)c1Cl. The molecule has 34 heavy (non-hydrogen) atoms. The first-order valence-corrected chi connectivity index (χ1v) is 12.8. The number of unbranched alkanes of at least 4 members (excludes halogenated alkanes) is 5. The molecule has 0 fully saturated rings. The van der Waals surface area contributed by atoms with Crippen LogP contribution in [0.2, 0.25) is 10.0 Å². The largest absolute Gasteiger partial charge is 0.478 e. The van der Waals surface area contributed by atoms with Gasteiger partial charge in [-0.05, 0) is 55.2 Å². The lowest BCUT2D eigenvalue weighted by Gasteiger charge is -2.11. The number of nitrogens with zero attached hydrogens (tertiary/aromatic N) is 1. The third kappa shape index (κ3) is 9.12. The van der Waals surface area contributed by atoms with Gasteiger partial charge >= 0.3 is 5.97 Å². The number of aromatic carboxylic acids is 1. The Labute approximate surface area is 214 Å². The van der Waals surface area contributed by atoms with Crippen molar-refractivity contribution in [3.63, 3.8) is 0 Å². The number of rotatable bonds is 10. The molecule has 0 aliphatic carbocycles. The summed E-state index contributed by atoms with van der Waals surface area (Å²) in [7, 11) is 0. The number of carboxylic acid groups (broad SMARTS) is 1. The monoisotopic (exact) mass is 500 g/mol. The Kier molecular flexibility index (Phi) is 12.1. The normalized spacial score (nSPS) is 10.5. The van der Waals surface area contributed by atoms with Gasteiger partial charge in [-0.2, -0.15) is 0 Å². The molecule has 3 aromatic rings. The number of carboxylic acids is 1. The smallest absolute Gasteiger partial charge is 0.335 e. The highest BCUT2D eigenvalue weighted by atomic mass is 35.5. The molecule has 3 rings (SSSR count).